The lowest BCUT2D eigenvalue weighted by Gasteiger charge is -2.47. The summed E-state index contributed by atoms with van der Waals surface area (Å²) in [5, 5.41) is 9.20. The second-order valence-electron chi connectivity index (χ2n) is 12.6. The highest BCUT2D eigenvalue weighted by Crippen LogP contribution is 2.51. The summed E-state index contributed by atoms with van der Waals surface area (Å²) < 4.78 is 15.2. The van der Waals surface area contributed by atoms with E-state index in [9.17, 15) is 9.59 Å². The molecule has 2 amide bonds. The monoisotopic (exact) mass is 547 g/mol. The van der Waals surface area contributed by atoms with E-state index in [2.05, 4.69) is 37.8 Å². The molecule has 5 aliphatic rings. The van der Waals surface area contributed by atoms with Gasteiger partial charge >= 0.3 is 0 Å². The maximum atomic E-state index is 15.2. The number of hydrogen-bond acceptors (Lipinski definition) is 7. The van der Waals surface area contributed by atoms with E-state index in [1.54, 1.807) is 18.3 Å². The van der Waals surface area contributed by atoms with Crippen LogP contribution in [0.5, 0.6) is 0 Å². The molecule has 3 atom stereocenters. The number of hydrogen-bond donors (Lipinski definition) is 3. The van der Waals surface area contributed by atoms with Gasteiger partial charge in [0.15, 0.2) is 5.82 Å². The van der Waals surface area contributed by atoms with Crippen molar-refractivity contribution in [1.29, 1.82) is 0 Å². The maximum absolute atomic E-state index is 15.2. The van der Waals surface area contributed by atoms with Crippen molar-refractivity contribution in [1.82, 2.24) is 20.2 Å². The van der Waals surface area contributed by atoms with E-state index in [4.69, 9.17) is 4.98 Å². The van der Waals surface area contributed by atoms with Gasteiger partial charge in [-0.1, -0.05) is 19.3 Å². The minimum atomic E-state index is -0.538. The lowest BCUT2D eigenvalue weighted by atomic mass is 9.82. The largest absolute Gasteiger partial charge is 0.351 e. The number of rotatable bonds is 5. The van der Waals surface area contributed by atoms with Gasteiger partial charge in [-0.15, -0.1) is 0 Å². The van der Waals surface area contributed by atoms with Crippen LogP contribution in [0, 0.1) is 11.2 Å². The minimum Gasteiger partial charge on any atom is -0.351 e. The number of piperidine rings is 2. The van der Waals surface area contributed by atoms with Crippen LogP contribution in [0.4, 0.5) is 27.5 Å². The molecule has 1 aromatic heterocycles. The van der Waals surface area contributed by atoms with Crippen LogP contribution in [0.25, 0.3) is 0 Å². The first-order chi connectivity index (χ1) is 19.4. The molecule has 3 N–H and O–H groups in total. The number of amides is 2. The summed E-state index contributed by atoms with van der Waals surface area (Å²) in [6.07, 6.45) is 13.4. The predicted molar refractivity (Wildman–Crippen MR) is 151 cm³/mol. The molecule has 0 unspecified atom stereocenters. The molecule has 7 rings (SSSR count). The molecule has 212 valence electrons. The first kappa shape index (κ1) is 25.7. The maximum Gasteiger partial charge on any atom is 0.251 e. The number of nitrogens with one attached hydrogen (secondary N) is 3. The van der Waals surface area contributed by atoms with Gasteiger partial charge in [-0.05, 0) is 76.6 Å². The Kier molecular flexibility index (Phi) is 6.40. The molecule has 40 heavy (non-hydrogen) atoms. The van der Waals surface area contributed by atoms with Crippen molar-refractivity contribution in [2.45, 2.75) is 94.8 Å². The van der Waals surface area contributed by atoms with Crippen LogP contribution >= 0.6 is 0 Å². The van der Waals surface area contributed by atoms with Crippen LogP contribution in [0.15, 0.2) is 24.4 Å². The van der Waals surface area contributed by atoms with Crippen molar-refractivity contribution in [3.63, 3.8) is 0 Å². The van der Waals surface area contributed by atoms with Crippen molar-refractivity contribution in [2.24, 2.45) is 5.41 Å². The first-order valence-electron chi connectivity index (χ1n) is 14.9. The molecule has 1 aromatic carbocycles. The molecule has 3 aliphatic heterocycles. The summed E-state index contributed by atoms with van der Waals surface area (Å²) in [4.78, 5) is 39.8. The highest BCUT2D eigenvalue weighted by molar-refractivity contribution is 6.01. The third kappa shape index (κ3) is 4.70. The number of nitrogens with zero attached hydrogens (tertiary/aromatic N) is 4. The molecule has 0 radical (unpaired) electrons. The normalized spacial score (nSPS) is 27.6. The van der Waals surface area contributed by atoms with E-state index in [1.807, 2.05) is 0 Å². The molecular formula is C30H38FN7O2. The van der Waals surface area contributed by atoms with Crippen molar-refractivity contribution in [3.05, 3.63) is 35.8 Å². The standard InChI is InChI=1S/C30H38FN7O2/c1-37-21-7-4-8-22(37)15-19(14-21)33-27(39)18-9-10-24(23(31)13-18)35-29-32-16-25-26(36-29)38(20-5-2-3-6-20)17-30(11-12-30)28(40)34-25/h9-10,13,16,19-22H,2-8,11-12,14-15,17H2,1H3,(H,33,39)(H,34,40)(H,32,35,36)/t19-,21-,22+. The van der Waals surface area contributed by atoms with Crippen LogP contribution in [-0.4, -0.2) is 64.4 Å². The number of carbonyl (C=O) groups excluding carboxylic acids is 2. The van der Waals surface area contributed by atoms with E-state index >= 15 is 4.39 Å². The Morgan fingerprint density at radius 1 is 1.07 bits per heavy atom. The SMILES string of the molecule is CN1[C@@H]2CCC[C@H]1C[C@H](NC(=O)c1ccc(Nc3ncc4c(n3)N(C3CCCC3)CC3(CC3)C(=O)N4)c(F)c1)C2. The number of carbonyl (C=O) groups is 2. The van der Waals surface area contributed by atoms with Gasteiger partial charge in [0.1, 0.15) is 11.5 Å². The van der Waals surface area contributed by atoms with Crippen molar-refractivity contribution in [3.8, 4) is 0 Å². The van der Waals surface area contributed by atoms with Gasteiger partial charge < -0.3 is 25.8 Å². The van der Waals surface area contributed by atoms with Crippen LogP contribution in [0.1, 0.15) is 81.0 Å². The van der Waals surface area contributed by atoms with Crippen LogP contribution in [-0.2, 0) is 4.79 Å². The molecule has 4 fully saturated rings. The van der Waals surface area contributed by atoms with Gasteiger partial charge in [0.05, 0.1) is 17.3 Å². The van der Waals surface area contributed by atoms with Crippen LogP contribution in [0.2, 0.25) is 0 Å². The van der Waals surface area contributed by atoms with Gasteiger partial charge in [-0.25, -0.2) is 9.37 Å². The first-order valence-corrected chi connectivity index (χ1v) is 14.9. The zero-order valence-corrected chi connectivity index (χ0v) is 23.1. The van der Waals surface area contributed by atoms with E-state index < -0.39 is 5.82 Å². The lowest BCUT2D eigenvalue weighted by molar-refractivity contribution is -0.120. The smallest absolute Gasteiger partial charge is 0.251 e. The fourth-order valence-electron chi connectivity index (χ4n) is 7.40. The fourth-order valence-corrected chi connectivity index (χ4v) is 7.40. The molecule has 4 heterocycles. The quantitative estimate of drug-likeness (QED) is 0.503. The minimum absolute atomic E-state index is 0.0434. The van der Waals surface area contributed by atoms with Gasteiger partial charge in [-0.2, -0.15) is 4.98 Å². The molecule has 2 bridgehead atoms. The molecule has 2 saturated heterocycles. The zero-order chi connectivity index (χ0) is 27.4. The molecule has 2 aromatic rings. The highest BCUT2D eigenvalue weighted by Gasteiger charge is 2.53. The summed E-state index contributed by atoms with van der Waals surface area (Å²) in [6, 6.07) is 5.96. The lowest BCUT2D eigenvalue weighted by Crippen LogP contribution is -2.55. The van der Waals surface area contributed by atoms with Crippen molar-refractivity contribution in [2.75, 3.05) is 29.1 Å². The van der Waals surface area contributed by atoms with E-state index in [-0.39, 0.29) is 34.9 Å². The van der Waals surface area contributed by atoms with Gasteiger partial charge in [-0.3, -0.25) is 9.59 Å². The second kappa shape index (κ2) is 9.98. The fraction of sp³-hybridized carbons (Fsp3) is 0.600. The summed E-state index contributed by atoms with van der Waals surface area (Å²) in [5.74, 6) is 0.222. The molecule has 10 heteroatoms. The molecule has 1 spiro atoms. The van der Waals surface area contributed by atoms with Crippen LogP contribution in [0.3, 0.4) is 0 Å². The van der Waals surface area contributed by atoms with Gasteiger partial charge in [0.25, 0.3) is 5.91 Å². The van der Waals surface area contributed by atoms with Crippen molar-refractivity contribution >= 4 is 35.0 Å². The van der Waals surface area contributed by atoms with Crippen molar-refractivity contribution < 1.29 is 14.0 Å². The number of aromatic nitrogens is 2. The Bertz CT molecular complexity index is 1310. The van der Waals surface area contributed by atoms with Crippen LogP contribution < -0.4 is 20.9 Å². The Balaban J connectivity index is 1.07. The Hall–Kier alpha value is -3.27. The van der Waals surface area contributed by atoms with E-state index in [0.29, 0.717) is 41.7 Å². The Morgan fingerprint density at radius 2 is 1.80 bits per heavy atom. The third-order valence-electron chi connectivity index (χ3n) is 10.0. The molecule has 2 aliphatic carbocycles. The third-order valence-corrected chi connectivity index (χ3v) is 10.0. The number of anilines is 4. The predicted octanol–water partition coefficient (Wildman–Crippen LogP) is 4.59. The van der Waals surface area contributed by atoms with E-state index in [1.165, 1.54) is 38.2 Å². The van der Waals surface area contributed by atoms with E-state index in [0.717, 1.165) is 38.5 Å². The summed E-state index contributed by atoms with van der Waals surface area (Å²) >= 11 is 0. The Morgan fingerprint density at radius 3 is 2.50 bits per heavy atom. The van der Waals surface area contributed by atoms with Gasteiger partial charge in [0.2, 0.25) is 11.9 Å². The second-order valence-corrected chi connectivity index (χ2v) is 12.6. The number of halogens is 1. The summed E-state index contributed by atoms with van der Waals surface area (Å²) in [6.45, 7) is 0.657. The summed E-state index contributed by atoms with van der Waals surface area (Å²) in [7, 11) is 2.19. The zero-order valence-electron chi connectivity index (χ0n) is 23.1. The average molecular weight is 548 g/mol. The topological polar surface area (TPSA) is 102 Å². The number of fused-ring (bicyclic) bond motifs is 3. The summed E-state index contributed by atoms with van der Waals surface area (Å²) in [5.41, 5.74) is 0.775. The highest BCUT2D eigenvalue weighted by atomic mass is 19.1. The van der Waals surface area contributed by atoms with Gasteiger partial charge in [0, 0.05) is 36.3 Å². The molecule has 2 saturated carbocycles. The molecule has 9 nitrogen and oxygen atoms in total. The Labute approximate surface area is 234 Å². The number of benzene rings is 1. The molecular weight excluding hydrogens is 509 g/mol. The average Bonchev–Trinajstić information content (AvgIpc) is 3.55.